The third-order valence-corrected chi connectivity index (χ3v) is 4.35. The number of hydrogen-bond acceptors (Lipinski definition) is 5. The standard InChI is InChI=1S/C19H29N3O3/c1-18(2,3)25-17(23)22-11-9-21(10-12-22)15-8-6-7-14-16(15)24-19(4,5)13-20-14/h6-8,20H,9-13H2,1-5H3. The second kappa shape index (κ2) is 6.32. The van der Waals surface area contributed by atoms with Crippen LogP contribution in [0.15, 0.2) is 18.2 Å². The molecule has 1 amide bonds. The van der Waals surface area contributed by atoms with Crippen LogP contribution in [0.1, 0.15) is 34.6 Å². The average molecular weight is 347 g/mol. The fourth-order valence-electron chi connectivity index (χ4n) is 3.10. The summed E-state index contributed by atoms with van der Waals surface area (Å²) >= 11 is 0. The van der Waals surface area contributed by atoms with E-state index >= 15 is 0 Å². The first kappa shape index (κ1) is 17.7. The number of piperazine rings is 1. The Kier molecular flexibility index (Phi) is 4.47. The van der Waals surface area contributed by atoms with E-state index in [9.17, 15) is 4.79 Å². The molecule has 138 valence electrons. The number of ether oxygens (including phenoxy) is 2. The van der Waals surface area contributed by atoms with Crippen LogP contribution < -0.4 is 15.0 Å². The van der Waals surface area contributed by atoms with E-state index in [1.807, 2.05) is 32.9 Å². The fourth-order valence-corrected chi connectivity index (χ4v) is 3.10. The van der Waals surface area contributed by atoms with Crippen molar-refractivity contribution >= 4 is 17.5 Å². The zero-order valence-corrected chi connectivity index (χ0v) is 15.9. The zero-order chi connectivity index (χ0) is 18.2. The summed E-state index contributed by atoms with van der Waals surface area (Å²) in [4.78, 5) is 16.3. The number of hydrogen-bond donors (Lipinski definition) is 1. The topological polar surface area (TPSA) is 54.0 Å². The van der Waals surface area contributed by atoms with Crippen molar-refractivity contribution in [1.29, 1.82) is 0 Å². The van der Waals surface area contributed by atoms with Crippen LogP contribution in [0.3, 0.4) is 0 Å². The van der Waals surface area contributed by atoms with Gasteiger partial charge in [-0.25, -0.2) is 4.79 Å². The maximum absolute atomic E-state index is 12.2. The largest absolute Gasteiger partial charge is 0.482 e. The van der Waals surface area contributed by atoms with Crippen molar-refractivity contribution in [2.75, 3.05) is 42.9 Å². The first-order valence-electron chi connectivity index (χ1n) is 8.93. The Labute approximate surface area is 150 Å². The molecule has 0 bridgehead atoms. The zero-order valence-electron chi connectivity index (χ0n) is 15.9. The molecule has 2 aliphatic rings. The van der Waals surface area contributed by atoms with Crippen LogP contribution in [0.5, 0.6) is 5.75 Å². The molecule has 1 aromatic rings. The Morgan fingerprint density at radius 3 is 2.52 bits per heavy atom. The van der Waals surface area contributed by atoms with Crippen molar-refractivity contribution in [3.8, 4) is 5.75 Å². The van der Waals surface area contributed by atoms with Gasteiger partial charge in [0.25, 0.3) is 0 Å². The summed E-state index contributed by atoms with van der Waals surface area (Å²) in [6, 6.07) is 6.18. The van der Waals surface area contributed by atoms with Crippen LogP contribution >= 0.6 is 0 Å². The summed E-state index contributed by atoms with van der Waals surface area (Å²) in [6.07, 6.45) is -0.235. The van der Waals surface area contributed by atoms with Crippen LogP contribution in [-0.4, -0.2) is 54.9 Å². The van der Waals surface area contributed by atoms with Crippen molar-refractivity contribution in [1.82, 2.24) is 4.90 Å². The Morgan fingerprint density at radius 2 is 1.88 bits per heavy atom. The van der Waals surface area contributed by atoms with Gasteiger partial charge in [-0.3, -0.25) is 0 Å². The highest BCUT2D eigenvalue weighted by Crippen LogP contribution is 2.41. The predicted octanol–water partition coefficient (Wildman–Crippen LogP) is 3.33. The SMILES string of the molecule is CC(C)(C)OC(=O)N1CCN(c2cccc3c2OC(C)(C)CN3)CC1. The normalized spacial score (nSPS) is 19.6. The Balaban J connectivity index is 1.69. The maximum atomic E-state index is 12.2. The van der Waals surface area contributed by atoms with Crippen LogP contribution in [0.2, 0.25) is 0 Å². The molecule has 1 fully saturated rings. The fraction of sp³-hybridized carbons (Fsp3) is 0.632. The number of carbonyl (C=O) groups excluding carboxylic acids is 1. The summed E-state index contributed by atoms with van der Waals surface area (Å²) < 4.78 is 11.7. The highest BCUT2D eigenvalue weighted by atomic mass is 16.6. The van der Waals surface area contributed by atoms with Gasteiger partial charge in [0.05, 0.1) is 17.9 Å². The number of carbonyl (C=O) groups is 1. The van der Waals surface area contributed by atoms with E-state index < -0.39 is 5.60 Å². The lowest BCUT2D eigenvalue weighted by Gasteiger charge is -2.40. The van der Waals surface area contributed by atoms with E-state index in [1.54, 1.807) is 4.90 Å². The first-order chi connectivity index (χ1) is 11.6. The van der Waals surface area contributed by atoms with Gasteiger partial charge in [-0.15, -0.1) is 0 Å². The number of anilines is 2. The van der Waals surface area contributed by atoms with Crippen molar-refractivity contribution in [3.05, 3.63) is 18.2 Å². The van der Waals surface area contributed by atoms with E-state index in [2.05, 4.69) is 30.1 Å². The highest BCUT2D eigenvalue weighted by Gasteiger charge is 2.31. The number of rotatable bonds is 1. The molecule has 1 saturated heterocycles. The summed E-state index contributed by atoms with van der Waals surface area (Å²) in [5.74, 6) is 0.907. The minimum absolute atomic E-state index is 0.235. The quantitative estimate of drug-likeness (QED) is 0.844. The van der Waals surface area contributed by atoms with Crippen molar-refractivity contribution in [2.45, 2.75) is 45.8 Å². The Morgan fingerprint density at radius 1 is 1.20 bits per heavy atom. The summed E-state index contributed by atoms with van der Waals surface area (Å²) in [5, 5.41) is 3.45. The third-order valence-electron chi connectivity index (χ3n) is 4.35. The number of nitrogens with zero attached hydrogens (tertiary/aromatic N) is 2. The average Bonchev–Trinajstić information content (AvgIpc) is 2.52. The lowest BCUT2D eigenvalue weighted by atomic mass is 10.1. The molecule has 3 rings (SSSR count). The lowest BCUT2D eigenvalue weighted by molar-refractivity contribution is 0.0240. The maximum Gasteiger partial charge on any atom is 0.410 e. The number of nitrogens with one attached hydrogen (secondary N) is 1. The summed E-state index contributed by atoms with van der Waals surface area (Å²) in [7, 11) is 0. The Hall–Kier alpha value is -2.11. The van der Waals surface area contributed by atoms with Gasteiger partial charge in [0.2, 0.25) is 0 Å². The van der Waals surface area contributed by atoms with Gasteiger partial charge in [-0.05, 0) is 46.8 Å². The van der Waals surface area contributed by atoms with E-state index in [4.69, 9.17) is 9.47 Å². The molecule has 6 nitrogen and oxygen atoms in total. The van der Waals surface area contributed by atoms with Crippen LogP contribution in [0.25, 0.3) is 0 Å². The minimum Gasteiger partial charge on any atom is -0.482 e. The first-order valence-corrected chi connectivity index (χ1v) is 8.93. The molecule has 2 heterocycles. The molecule has 6 heteroatoms. The summed E-state index contributed by atoms with van der Waals surface area (Å²) in [5.41, 5.74) is 1.42. The van der Waals surface area contributed by atoms with E-state index in [-0.39, 0.29) is 11.7 Å². The second-order valence-electron chi connectivity index (χ2n) is 8.32. The smallest absolute Gasteiger partial charge is 0.410 e. The van der Waals surface area contributed by atoms with E-state index in [1.165, 1.54) is 0 Å². The molecule has 1 N–H and O–H groups in total. The van der Waals surface area contributed by atoms with Crippen molar-refractivity contribution in [2.24, 2.45) is 0 Å². The summed E-state index contributed by atoms with van der Waals surface area (Å²) in [6.45, 7) is 13.5. The van der Waals surface area contributed by atoms with E-state index in [0.717, 1.165) is 36.8 Å². The molecule has 2 aliphatic heterocycles. The highest BCUT2D eigenvalue weighted by molar-refractivity contribution is 5.74. The monoisotopic (exact) mass is 347 g/mol. The van der Waals surface area contributed by atoms with Gasteiger partial charge in [-0.1, -0.05) is 6.07 Å². The predicted molar refractivity (Wildman–Crippen MR) is 99.7 cm³/mol. The van der Waals surface area contributed by atoms with Crippen LogP contribution in [0.4, 0.5) is 16.2 Å². The minimum atomic E-state index is -0.461. The molecule has 0 spiro atoms. The molecule has 0 aromatic heterocycles. The molecular formula is C19H29N3O3. The lowest BCUT2D eigenvalue weighted by Crippen LogP contribution is -2.50. The van der Waals surface area contributed by atoms with Crippen LogP contribution in [0, 0.1) is 0 Å². The molecule has 1 aromatic carbocycles. The van der Waals surface area contributed by atoms with Gasteiger partial charge in [0, 0.05) is 26.2 Å². The second-order valence-corrected chi connectivity index (χ2v) is 8.32. The molecule has 0 saturated carbocycles. The van der Waals surface area contributed by atoms with Gasteiger partial charge < -0.3 is 24.6 Å². The van der Waals surface area contributed by atoms with Gasteiger partial charge in [0.1, 0.15) is 11.2 Å². The molecule has 0 atom stereocenters. The molecular weight excluding hydrogens is 318 g/mol. The molecule has 25 heavy (non-hydrogen) atoms. The number of para-hydroxylation sites is 1. The number of fused-ring (bicyclic) bond motifs is 1. The molecule has 0 radical (unpaired) electrons. The van der Waals surface area contributed by atoms with Gasteiger partial charge in [0.15, 0.2) is 5.75 Å². The Bertz CT molecular complexity index is 644. The van der Waals surface area contributed by atoms with E-state index in [0.29, 0.717) is 13.1 Å². The van der Waals surface area contributed by atoms with Crippen LogP contribution in [-0.2, 0) is 4.74 Å². The molecule has 0 aliphatic carbocycles. The third kappa shape index (κ3) is 4.11. The number of amides is 1. The van der Waals surface area contributed by atoms with Gasteiger partial charge >= 0.3 is 6.09 Å². The van der Waals surface area contributed by atoms with Gasteiger partial charge in [-0.2, -0.15) is 0 Å². The molecule has 0 unspecified atom stereocenters. The van der Waals surface area contributed by atoms with Crippen molar-refractivity contribution < 1.29 is 14.3 Å². The van der Waals surface area contributed by atoms with Crippen molar-refractivity contribution in [3.63, 3.8) is 0 Å². The number of benzene rings is 1.